The molecule has 0 fully saturated rings. The molecule has 100 valence electrons. The summed E-state index contributed by atoms with van der Waals surface area (Å²) in [7, 11) is 0.573. The summed E-state index contributed by atoms with van der Waals surface area (Å²) >= 11 is 0. The maximum absolute atomic E-state index is 12.0. The van der Waals surface area contributed by atoms with Gasteiger partial charge in [0, 0.05) is 34.5 Å². The zero-order valence-electron chi connectivity index (χ0n) is 10.7. The van der Waals surface area contributed by atoms with E-state index in [1.807, 2.05) is 0 Å². The lowest BCUT2D eigenvalue weighted by molar-refractivity contribution is 0.0944. The van der Waals surface area contributed by atoms with E-state index in [0.717, 1.165) is 0 Å². The quantitative estimate of drug-likeness (QED) is 0.775. The molecule has 0 aliphatic heterocycles. The molecule has 0 saturated carbocycles. The summed E-state index contributed by atoms with van der Waals surface area (Å²) in [5.74, 6) is 0.695. The Balaban J connectivity index is 2.80. The minimum atomic E-state index is -0.950. The lowest BCUT2D eigenvalue weighted by atomic mass is 10.1. The largest absolute Gasteiger partial charge is 0.497 e. The number of nitrogens with one attached hydrogen (secondary N) is 1. The number of methoxy groups -OCH3 is 1. The van der Waals surface area contributed by atoms with E-state index in [9.17, 15) is 9.00 Å². The van der Waals surface area contributed by atoms with Crippen LogP contribution in [0.1, 0.15) is 17.3 Å². The van der Waals surface area contributed by atoms with Crippen molar-refractivity contribution in [3.8, 4) is 5.75 Å². The fraction of sp³-hybridized carbons (Fsp3) is 0.417. The van der Waals surface area contributed by atoms with Gasteiger partial charge in [-0.05, 0) is 25.1 Å². The first kappa shape index (κ1) is 14.5. The summed E-state index contributed by atoms with van der Waals surface area (Å²) in [5.41, 5.74) is 6.50. The zero-order chi connectivity index (χ0) is 13.7. The number of carbonyl (C=O) groups excluding carboxylic acids is 1. The second-order valence-electron chi connectivity index (χ2n) is 4.07. The molecule has 1 rings (SSSR count). The highest BCUT2D eigenvalue weighted by Crippen LogP contribution is 2.19. The molecule has 1 amide bonds. The highest BCUT2D eigenvalue weighted by atomic mass is 32.2. The van der Waals surface area contributed by atoms with Crippen molar-refractivity contribution in [1.82, 2.24) is 5.32 Å². The van der Waals surface area contributed by atoms with Crippen LogP contribution < -0.4 is 15.8 Å². The molecule has 6 heteroatoms. The van der Waals surface area contributed by atoms with Gasteiger partial charge in [0.25, 0.3) is 5.91 Å². The first-order valence-electron chi connectivity index (χ1n) is 5.48. The van der Waals surface area contributed by atoms with Crippen molar-refractivity contribution in [3.05, 3.63) is 23.8 Å². The maximum atomic E-state index is 12.0. The van der Waals surface area contributed by atoms with Crippen molar-refractivity contribution in [1.29, 1.82) is 0 Å². The van der Waals surface area contributed by atoms with E-state index in [0.29, 0.717) is 22.8 Å². The minimum Gasteiger partial charge on any atom is -0.497 e. The predicted octanol–water partition coefficient (Wildman–Crippen LogP) is 0.774. The van der Waals surface area contributed by atoms with Gasteiger partial charge in [-0.2, -0.15) is 0 Å². The first-order chi connectivity index (χ1) is 8.43. The topological polar surface area (TPSA) is 81.4 Å². The Morgan fingerprint density at radius 3 is 2.78 bits per heavy atom. The standard InChI is InChI=1S/C12H18N2O3S/c1-8(7-18(3)16)14-12(15)10-6-9(17-2)4-5-11(10)13/h4-6,8H,7,13H2,1-3H3,(H,14,15). The summed E-state index contributed by atoms with van der Waals surface area (Å²) < 4.78 is 16.1. The molecule has 1 aromatic rings. The third-order valence-electron chi connectivity index (χ3n) is 2.37. The van der Waals surface area contributed by atoms with E-state index >= 15 is 0 Å². The molecule has 1 aromatic carbocycles. The number of anilines is 1. The van der Waals surface area contributed by atoms with Crippen molar-refractivity contribution in [3.63, 3.8) is 0 Å². The van der Waals surface area contributed by atoms with E-state index in [4.69, 9.17) is 10.5 Å². The first-order valence-corrected chi connectivity index (χ1v) is 7.21. The van der Waals surface area contributed by atoms with E-state index in [1.165, 1.54) is 7.11 Å². The Hall–Kier alpha value is -1.56. The Labute approximate surface area is 109 Å². The van der Waals surface area contributed by atoms with Crippen LogP contribution >= 0.6 is 0 Å². The second-order valence-corrected chi connectivity index (χ2v) is 5.55. The molecule has 0 spiro atoms. The van der Waals surface area contributed by atoms with Gasteiger partial charge in [0.05, 0.1) is 12.7 Å². The van der Waals surface area contributed by atoms with Gasteiger partial charge in [-0.3, -0.25) is 9.00 Å². The summed E-state index contributed by atoms with van der Waals surface area (Å²) in [6, 6.07) is 4.72. The monoisotopic (exact) mass is 270 g/mol. The van der Waals surface area contributed by atoms with Crippen LogP contribution in [-0.2, 0) is 10.8 Å². The molecule has 0 aromatic heterocycles. The van der Waals surface area contributed by atoms with E-state index in [-0.39, 0.29) is 11.9 Å². The number of carbonyl (C=O) groups is 1. The number of hydrogen-bond donors (Lipinski definition) is 2. The van der Waals surface area contributed by atoms with Gasteiger partial charge < -0.3 is 15.8 Å². The molecule has 0 radical (unpaired) electrons. The van der Waals surface area contributed by atoms with Gasteiger partial charge in [0.1, 0.15) is 5.75 Å². The Bertz CT molecular complexity index is 463. The number of nitrogen functional groups attached to an aromatic ring is 1. The average molecular weight is 270 g/mol. The SMILES string of the molecule is COc1ccc(N)c(C(=O)NC(C)CS(C)=O)c1. The number of benzene rings is 1. The fourth-order valence-corrected chi connectivity index (χ4v) is 2.34. The van der Waals surface area contributed by atoms with Crippen molar-refractivity contribution in [2.45, 2.75) is 13.0 Å². The zero-order valence-corrected chi connectivity index (χ0v) is 11.5. The molecule has 2 atom stereocenters. The summed E-state index contributed by atoms with van der Waals surface area (Å²) in [6.45, 7) is 1.80. The molecule has 0 heterocycles. The molecular weight excluding hydrogens is 252 g/mol. The number of amides is 1. The smallest absolute Gasteiger partial charge is 0.253 e. The van der Waals surface area contributed by atoms with Crippen molar-refractivity contribution < 1.29 is 13.7 Å². The van der Waals surface area contributed by atoms with Crippen molar-refractivity contribution >= 4 is 22.4 Å². The molecule has 0 saturated heterocycles. The molecule has 3 N–H and O–H groups in total. The van der Waals surface area contributed by atoms with Gasteiger partial charge in [-0.1, -0.05) is 0 Å². The minimum absolute atomic E-state index is 0.172. The van der Waals surface area contributed by atoms with E-state index in [1.54, 1.807) is 31.4 Å². The number of nitrogens with two attached hydrogens (primary N) is 1. The molecule has 0 bridgehead atoms. The van der Waals surface area contributed by atoms with Crippen molar-refractivity contribution in [2.75, 3.05) is 24.9 Å². The van der Waals surface area contributed by atoms with Crippen LogP contribution in [0.5, 0.6) is 5.75 Å². The van der Waals surface area contributed by atoms with Gasteiger partial charge in [0.15, 0.2) is 0 Å². The summed E-state index contributed by atoms with van der Waals surface area (Å²) in [6.07, 6.45) is 1.60. The average Bonchev–Trinajstić information content (AvgIpc) is 2.28. The van der Waals surface area contributed by atoms with Crippen LogP contribution in [0.15, 0.2) is 18.2 Å². The fourth-order valence-electron chi connectivity index (χ4n) is 1.55. The summed E-state index contributed by atoms with van der Waals surface area (Å²) in [4.78, 5) is 12.0. The molecule has 18 heavy (non-hydrogen) atoms. The number of rotatable bonds is 5. The molecule has 5 nitrogen and oxygen atoms in total. The van der Waals surface area contributed by atoms with Crippen molar-refractivity contribution in [2.24, 2.45) is 0 Å². The maximum Gasteiger partial charge on any atom is 0.253 e. The predicted molar refractivity (Wildman–Crippen MR) is 73.3 cm³/mol. The lowest BCUT2D eigenvalue weighted by Gasteiger charge is -2.14. The highest BCUT2D eigenvalue weighted by Gasteiger charge is 2.14. The molecular formula is C12H18N2O3S. The van der Waals surface area contributed by atoms with E-state index in [2.05, 4.69) is 5.32 Å². The van der Waals surface area contributed by atoms with Gasteiger partial charge in [-0.15, -0.1) is 0 Å². The van der Waals surface area contributed by atoms with E-state index < -0.39 is 10.8 Å². The Morgan fingerprint density at radius 2 is 2.22 bits per heavy atom. The number of ether oxygens (including phenoxy) is 1. The van der Waals surface area contributed by atoms with Crippen LogP contribution in [0.25, 0.3) is 0 Å². The Kier molecular flexibility index (Phi) is 5.15. The van der Waals surface area contributed by atoms with Crippen LogP contribution in [0.4, 0.5) is 5.69 Å². The lowest BCUT2D eigenvalue weighted by Crippen LogP contribution is -2.36. The third kappa shape index (κ3) is 4.03. The van der Waals surface area contributed by atoms with Crippen LogP contribution in [-0.4, -0.2) is 35.3 Å². The third-order valence-corrected chi connectivity index (χ3v) is 3.34. The molecule has 0 aliphatic carbocycles. The molecule has 2 unspecified atom stereocenters. The second kappa shape index (κ2) is 6.39. The Morgan fingerprint density at radius 1 is 1.56 bits per heavy atom. The molecule has 0 aliphatic rings. The normalized spacial score (nSPS) is 13.7. The van der Waals surface area contributed by atoms with Crippen LogP contribution in [0, 0.1) is 0 Å². The van der Waals surface area contributed by atoms with Crippen LogP contribution in [0.2, 0.25) is 0 Å². The highest BCUT2D eigenvalue weighted by molar-refractivity contribution is 7.84. The van der Waals surface area contributed by atoms with Gasteiger partial charge in [-0.25, -0.2) is 0 Å². The number of hydrogen-bond acceptors (Lipinski definition) is 4. The van der Waals surface area contributed by atoms with Crippen LogP contribution in [0.3, 0.4) is 0 Å². The van der Waals surface area contributed by atoms with Gasteiger partial charge in [0.2, 0.25) is 0 Å². The van der Waals surface area contributed by atoms with Gasteiger partial charge >= 0.3 is 0 Å². The summed E-state index contributed by atoms with van der Waals surface area (Å²) in [5, 5.41) is 2.75.